The minimum absolute atomic E-state index is 0. The van der Waals surface area contributed by atoms with Crippen molar-refractivity contribution in [2.24, 2.45) is 0 Å². The summed E-state index contributed by atoms with van der Waals surface area (Å²) >= 11 is 0. The summed E-state index contributed by atoms with van der Waals surface area (Å²) in [6.45, 7) is 9.22. The van der Waals surface area contributed by atoms with Gasteiger partial charge in [-0.05, 0) is 90.6 Å². The average molecular weight is 313 g/mol. The monoisotopic (exact) mass is 313 g/mol. The Morgan fingerprint density at radius 2 is 1.20 bits per heavy atom. The van der Waals surface area contributed by atoms with Gasteiger partial charge in [0.05, 0.1) is 0 Å². The van der Waals surface area contributed by atoms with Crippen LogP contribution >= 0.6 is 0 Å². The molecule has 2 heteroatoms. The molecule has 0 aromatic rings. The normalized spacial score (nSPS) is 20.4. The number of hydrogen-bond donors (Lipinski definition) is 0. The second-order valence-electron chi connectivity index (χ2n) is 4.89. The molecule has 20 heavy (non-hydrogen) atoms. The molecular formula is C18H27FeN+2. The van der Waals surface area contributed by atoms with Crippen LogP contribution in [0.25, 0.3) is 0 Å². The van der Waals surface area contributed by atoms with Gasteiger partial charge in [0, 0.05) is 12.0 Å². The number of nitrogens with zero attached hydrogens (tertiary/aromatic N) is 1. The Morgan fingerprint density at radius 3 is 1.55 bits per heavy atom. The Labute approximate surface area is 138 Å². The standard InChI is InChI=1S/C13H22N.C5H5.Fe/c1-4-10-14(11-5-2)12(3)13-8-6-7-9-13;1-2-4-5-3-1;/h6-9,12H,4-5,10-11H2,1-3H3;1-5H;/q;;+2. The molecule has 1 unspecified atom stereocenters. The Kier molecular flexibility index (Phi) is 13.5. The number of rotatable bonds is 6. The third-order valence-electron chi connectivity index (χ3n) is 3.30. The molecule has 0 aromatic carbocycles. The summed E-state index contributed by atoms with van der Waals surface area (Å²) in [5, 5.41) is 0. The van der Waals surface area contributed by atoms with Crippen LogP contribution < -0.4 is 0 Å². The van der Waals surface area contributed by atoms with Crippen LogP contribution in [-0.2, 0) is 17.1 Å². The van der Waals surface area contributed by atoms with Gasteiger partial charge in [0.25, 0.3) is 0 Å². The Morgan fingerprint density at radius 1 is 0.800 bits per heavy atom. The van der Waals surface area contributed by atoms with E-state index in [9.17, 15) is 0 Å². The zero-order valence-corrected chi connectivity index (χ0v) is 14.0. The molecule has 2 saturated carbocycles. The maximum atomic E-state index is 2.56. The van der Waals surface area contributed by atoms with Gasteiger partial charge in [-0.3, -0.25) is 0 Å². The van der Waals surface area contributed by atoms with Gasteiger partial charge in [-0.15, -0.1) is 0 Å². The predicted molar refractivity (Wildman–Crippen MR) is 83.6 cm³/mol. The molecule has 0 aliphatic heterocycles. The molecule has 0 heterocycles. The second kappa shape index (κ2) is 13.2. The molecule has 0 amide bonds. The van der Waals surface area contributed by atoms with Crippen molar-refractivity contribution in [1.29, 1.82) is 0 Å². The van der Waals surface area contributed by atoms with Gasteiger partial charge in [-0.1, -0.05) is 13.8 Å². The van der Waals surface area contributed by atoms with E-state index in [0.717, 1.165) is 0 Å². The largest absolute Gasteiger partial charge is 2.00 e. The van der Waals surface area contributed by atoms with Gasteiger partial charge in [-0.2, -0.15) is 0 Å². The van der Waals surface area contributed by atoms with E-state index in [1.807, 2.05) is 32.1 Å². The van der Waals surface area contributed by atoms with Gasteiger partial charge in [0.1, 0.15) is 0 Å². The molecule has 0 bridgehead atoms. The Hall–Kier alpha value is 0.479. The summed E-state index contributed by atoms with van der Waals surface area (Å²) in [4.78, 5) is 2.56. The van der Waals surface area contributed by atoms with Gasteiger partial charge in [0.15, 0.2) is 0 Å². The first-order valence-corrected chi connectivity index (χ1v) is 7.41. The van der Waals surface area contributed by atoms with Crippen LogP contribution in [0.5, 0.6) is 0 Å². The fraction of sp³-hybridized carbons (Fsp3) is 0.444. The zero-order valence-electron chi connectivity index (χ0n) is 12.9. The summed E-state index contributed by atoms with van der Waals surface area (Å²) in [5.74, 6) is 1.45. The van der Waals surface area contributed by atoms with Crippen LogP contribution in [0.1, 0.15) is 33.6 Å². The van der Waals surface area contributed by atoms with Crippen molar-refractivity contribution in [3.8, 4) is 0 Å². The van der Waals surface area contributed by atoms with E-state index in [0.29, 0.717) is 6.04 Å². The molecule has 2 aliphatic rings. The molecule has 0 aromatic heterocycles. The Bertz CT molecular complexity index is 184. The summed E-state index contributed by atoms with van der Waals surface area (Å²) in [6, 6.07) is 0.574. The maximum absolute atomic E-state index is 2.56. The van der Waals surface area contributed by atoms with E-state index in [1.54, 1.807) is 0 Å². The smallest absolute Gasteiger partial charge is 0.300 e. The van der Waals surface area contributed by atoms with Crippen molar-refractivity contribution in [2.75, 3.05) is 13.1 Å². The molecule has 2 aliphatic carbocycles. The molecule has 2 fully saturated rings. The van der Waals surface area contributed by atoms with Crippen molar-refractivity contribution >= 4 is 0 Å². The van der Waals surface area contributed by atoms with Crippen molar-refractivity contribution < 1.29 is 17.1 Å². The predicted octanol–water partition coefficient (Wildman–Crippen LogP) is 3.92. The van der Waals surface area contributed by atoms with E-state index in [1.165, 1.54) is 31.8 Å². The van der Waals surface area contributed by atoms with Crippen LogP contribution in [0.2, 0.25) is 0 Å². The zero-order chi connectivity index (χ0) is 13.9. The summed E-state index contributed by atoms with van der Waals surface area (Å²) < 4.78 is 0. The number of hydrogen-bond acceptors (Lipinski definition) is 1. The minimum Gasteiger partial charge on any atom is -0.300 e. The van der Waals surface area contributed by atoms with E-state index >= 15 is 0 Å². The van der Waals surface area contributed by atoms with Crippen LogP contribution in [0.3, 0.4) is 0 Å². The quantitative estimate of drug-likeness (QED) is 0.672. The molecule has 2 rings (SSSR count). The summed E-state index contributed by atoms with van der Waals surface area (Å²) in [6.07, 6.45) is 21.2. The molecular weight excluding hydrogens is 286 g/mol. The van der Waals surface area contributed by atoms with Crippen molar-refractivity contribution in [3.05, 3.63) is 63.7 Å². The van der Waals surface area contributed by atoms with Gasteiger partial charge < -0.3 is 4.90 Å². The van der Waals surface area contributed by atoms with Crippen LogP contribution in [0, 0.1) is 63.7 Å². The molecule has 0 spiro atoms. The van der Waals surface area contributed by atoms with Gasteiger partial charge in [0.2, 0.25) is 0 Å². The van der Waals surface area contributed by atoms with E-state index < -0.39 is 0 Å². The third-order valence-corrected chi connectivity index (χ3v) is 3.30. The Balaban J connectivity index is 0.000000507. The fourth-order valence-corrected chi connectivity index (χ4v) is 2.27. The van der Waals surface area contributed by atoms with Gasteiger partial charge in [-0.25, -0.2) is 0 Å². The van der Waals surface area contributed by atoms with E-state index in [-0.39, 0.29) is 17.1 Å². The molecule has 1 atom stereocenters. The first kappa shape index (κ1) is 20.5. The SMILES string of the molecule is CCCN(CCC)C(C)[C]1[CH][CH][CH][CH]1.[CH]1[CH][CH][CH][CH]1.[Fe+2]. The molecule has 10 radical (unpaired) electrons. The van der Waals surface area contributed by atoms with E-state index in [2.05, 4.69) is 51.4 Å². The van der Waals surface area contributed by atoms with Crippen molar-refractivity contribution in [3.63, 3.8) is 0 Å². The van der Waals surface area contributed by atoms with Gasteiger partial charge >= 0.3 is 17.1 Å². The second-order valence-corrected chi connectivity index (χ2v) is 4.89. The maximum Gasteiger partial charge on any atom is 2.00 e. The van der Waals surface area contributed by atoms with Crippen molar-refractivity contribution in [2.45, 2.75) is 39.7 Å². The molecule has 0 saturated heterocycles. The van der Waals surface area contributed by atoms with Crippen LogP contribution in [0.15, 0.2) is 0 Å². The first-order chi connectivity index (χ1) is 9.29. The molecule has 0 N–H and O–H groups in total. The minimum atomic E-state index is 0. The summed E-state index contributed by atoms with van der Waals surface area (Å²) in [7, 11) is 0. The van der Waals surface area contributed by atoms with Crippen LogP contribution in [-0.4, -0.2) is 24.0 Å². The van der Waals surface area contributed by atoms with Crippen LogP contribution in [0.4, 0.5) is 0 Å². The van der Waals surface area contributed by atoms with E-state index in [4.69, 9.17) is 0 Å². The molecule has 110 valence electrons. The fourth-order valence-electron chi connectivity index (χ4n) is 2.27. The summed E-state index contributed by atoms with van der Waals surface area (Å²) in [5.41, 5.74) is 0. The van der Waals surface area contributed by atoms with Crippen molar-refractivity contribution in [1.82, 2.24) is 4.90 Å². The topological polar surface area (TPSA) is 3.24 Å². The average Bonchev–Trinajstić information content (AvgIpc) is 3.12. The first-order valence-electron chi connectivity index (χ1n) is 7.41. The third kappa shape index (κ3) is 8.05. The molecule has 1 nitrogen and oxygen atoms in total.